The van der Waals surface area contributed by atoms with Crippen LogP contribution in [-0.4, -0.2) is 69.5 Å². The quantitative estimate of drug-likeness (QED) is 0.299. The molecule has 4 aromatic rings. The Balaban J connectivity index is 1.13. The van der Waals surface area contributed by atoms with E-state index >= 15 is 0 Å². The standard InChI is InChI=1S/C31H35ClN8O3/c1-19-28(31(42)40(37(19)2)22-7-4-6-21(32)15-22)26(41)14-20-10-12-38(13-11-20)30-29(33)34-16-25(36-30)24-8-5-9-27(35-24)39-17-23(18-39)43-3/h4-9,15-16,20,23H,10-14,17-18H2,1-3H3,(H2,33,34). The van der Waals surface area contributed by atoms with Crippen LogP contribution in [0.5, 0.6) is 0 Å². The number of rotatable bonds is 8. The summed E-state index contributed by atoms with van der Waals surface area (Å²) in [5, 5.41) is 0.524. The molecule has 1 aromatic carbocycles. The summed E-state index contributed by atoms with van der Waals surface area (Å²) in [6, 6.07) is 12.9. The molecular weight excluding hydrogens is 568 g/mol. The molecular formula is C31H35ClN8O3. The summed E-state index contributed by atoms with van der Waals surface area (Å²) in [5.41, 5.74) is 8.83. The maximum absolute atomic E-state index is 13.4. The number of nitrogens with zero attached hydrogens (tertiary/aromatic N) is 7. The smallest absolute Gasteiger partial charge is 0.282 e. The minimum atomic E-state index is -0.324. The topological polar surface area (TPSA) is 124 Å². The number of carbonyl (C=O) groups excluding carboxylic acids is 1. The van der Waals surface area contributed by atoms with Crippen LogP contribution in [0.4, 0.5) is 17.5 Å². The zero-order valence-corrected chi connectivity index (χ0v) is 25.3. The van der Waals surface area contributed by atoms with Gasteiger partial charge in [-0.3, -0.25) is 14.3 Å². The Labute approximate surface area is 254 Å². The van der Waals surface area contributed by atoms with Crippen LogP contribution >= 0.6 is 11.6 Å². The molecule has 11 nitrogen and oxygen atoms in total. The van der Waals surface area contributed by atoms with Crippen LogP contribution in [0.3, 0.4) is 0 Å². The van der Waals surface area contributed by atoms with E-state index < -0.39 is 0 Å². The van der Waals surface area contributed by atoms with E-state index in [1.165, 1.54) is 4.68 Å². The van der Waals surface area contributed by atoms with Gasteiger partial charge in [0.25, 0.3) is 5.56 Å². The number of halogens is 1. The zero-order chi connectivity index (χ0) is 30.2. The first kappa shape index (κ1) is 28.9. The summed E-state index contributed by atoms with van der Waals surface area (Å²) in [6.45, 7) is 4.79. The largest absolute Gasteiger partial charge is 0.381 e. The molecule has 0 bridgehead atoms. The van der Waals surface area contributed by atoms with Gasteiger partial charge in [0.2, 0.25) is 0 Å². The van der Waals surface area contributed by atoms with Crippen LogP contribution in [0.1, 0.15) is 35.3 Å². The number of hydrogen-bond acceptors (Lipinski definition) is 9. The summed E-state index contributed by atoms with van der Waals surface area (Å²) in [7, 11) is 3.50. The number of nitrogen functional groups attached to an aromatic ring is 1. The number of ketones is 1. The highest BCUT2D eigenvalue weighted by atomic mass is 35.5. The second kappa shape index (κ2) is 11.8. The maximum atomic E-state index is 13.4. The van der Waals surface area contributed by atoms with Crippen LogP contribution in [0.25, 0.3) is 17.1 Å². The highest BCUT2D eigenvalue weighted by Gasteiger charge is 2.29. The van der Waals surface area contributed by atoms with Gasteiger partial charge in [-0.1, -0.05) is 23.7 Å². The Morgan fingerprint density at radius 2 is 1.81 bits per heavy atom. The lowest BCUT2D eigenvalue weighted by atomic mass is 9.90. The molecule has 0 atom stereocenters. The van der Waals surface area contributed by atoms with E-state index in [1.807, 2.05) is 18.2 Å². The monoisotopic (exact) mass is 602 g/mol. The first-order chi connectivity index (χ1) is 20.7. The second-order valence-electron chi connectivity index (χ2n) is 11.2. The predicted molar refractivity (Wildman–Crippen MR) is 167 cm³/mol. The van der Waals surface area contributed by atoms with E-state index in [9.17, 15) is 9.59 Å². The lowest BCUT2D eigenvalue weighted by Gasteiger charge is -2.39. The third-order valence-corrected chi connectivity index (χ3v) is 8.79. The van der Waals surface area contributed by atoms with Crippen LogP contribution in [-0.2, 0) is 11.8 Å². The summed E-state index contributed by atoms with van der Waals surface area (Å²) < 4.78 is 8.59. The number of Topliss-reactive ketones (excluding diaryl/α,β-unsaturated/α-hetero) is 1. The normalized spacial score (nSPS) is 16.0. The molecule has 0 aliphatic carbocycles. The van der Waals surface area contributed by atoms with Crippen molar-refractivity contribution < 1.29 is 9.53 Å². The van der Waals surface area contributed by atoms with Crippen LogP contribution in [0.15, 0.2) is 53.5 Å². The van der Waals surface area contributed by atoms with Crippen molar-refractivity contribution in [1.29, 1.82) is 0 Å². The maximum Gasteiger partial charge on any atom is 0.282 e. The Hall–Kier alpha value is -4.22. The fourth-order valence-corrected chi connectivity index (χ4v) is 6.09. The van der Waals surface area contributed by atoms with Gasteiger partial charge in [0.15, 0.2) is 17.4 Å². The number of aromatic nitrogens is 5. The van der Waals surface area contributed by atoms with E-state index in [0.29, 0.717) is 53.2 Å². The van der Waals surface area contributed by atoms with E-state index in [1.54, 1.807) is 56.2 Å². The first-order valence-electron chi connectivity index (χ1n) is 14.4. The zero-order valence-electron chi connectivity index (χ0n) is 24.5. The number of anilines is 3. The van der Waals surface area contributed by atoms with E-state index in [2.05, 4.69) is 14.8 Å². The Morgan fingerprint density at radius 3 is 2.53 bits per heavy atom. The van der Waals surface area contributed by atoms with Crippen LogP contribution < -0.4 is 21.1 Å². The van der Waals surface area contributed by atoms with E-state index in [0.717, 1.165) is 37.4 Å². The molecule has 0 unspecified atom stereocenters. The number of methoxy groups -OCH3 is 1. The fraction of sp³-hybridized carbons (Fsp3) is 0.387. The molecule has 2 aliphatic rings. The van der Waals surface area contributed by atoms with Crippen molar-refractivity contribution in [1.82, 2.24) is 24.3 Å². The minimum absolute atomic E-state index is 0.136. The molecule has 0 amide bonds. The third-order valence-electron chi connectivity index (χ3n) is 8.56. The Bertz CT molecular complexity index is 1720. The Morgan fingerprint density at radius 1 is 1.07 bits per heavy atom. The van der Waals surface area contributed by atoms with Gasteiger partial charge in [-0.25, -0.2) is 19.6 Å². The van der Waals surface area contributed by atoms with Crippen molar-refractivity contribution in [2.75, 3.05) is 48.8 Å². The van der Waals surface area contributed by atoms with Crippen molar-refractivity contribution in [3.63, 3.8) is 0 Å². The van der Waals surface area contributed by atoms with Crippen LogP contribution in [0, 0.1) is 12.8 Å². The molecule has 2 aliphatic heterocycles. The third kappa shape index (κ3) is 5.62. The van der Waals surface area contributed by atoms with Gasteiger partial charge in [-0.2, -0.15) is 0 Å². The van der Waals surface area contributed by atoms with Gasteiger partial charge in [0.1, 0.15) is 17.1 Å². The lowest BCUT2D eigenvalue weighted by Crippen LogP contribution is -2.52. The summed E-state index contributed by atoms with van der Waals surface area (Å²) in [4.78, 5) is 45.2. The van der Waals surface area contributed by atoms with Crippen molar-refractivity contribution in [3.05, 3.63) is 75.3 Å². The molecule has 3 aromatic heterocycles. The van der Waals surface area contributed by atoms with E-state index in [-0.39, 0.29) is 28.9 Å². The van der Waals surface area contributed by atoms with Crippen LogP contribution in [0.2, 0.25) is 5.02 Å². The lowest BCUT2D eigenvalue weighted by molar-refractivity contribution is 0.0783. The molecule has 12 heteroatoms. The second-order valence-corrected chi connectivity index (χ2v) is 11.7. The van der Waals surface area contributed by atoms with Gasteiger partial charge in [0.05, 0.1) is 23.7 Å². The molecule has 224 valence electrons. The first-order valence-corrected chi connectivity index (χ1v) is 14.8. The number of nitrogens with two attached hydrogens (primary N) is 1. The van der Waals surface area contributed by atoms with Gasteiger partial charge in [0, 0.05) is 57.5 Å². The number of hydrogen-bond donors (Lipinski definition) is 1. The minimum Gasteiger partial charge on any atom is -0.381 e. The molecule has 2 N–H and O–H groups in total. The van der Waals surface area contributed by atoms with Crippen molar-refractivity contribution in [3.8, 4) is 17.1 Å². The van der Waals surface area contributed by atoms with Crippen molar-refractivity contribution in [2.45, 2.75) is 32.3 Å². The van der Waals surface area contributed by atoms with E-state index in [4.69, 9.17) is 32.0 Å². The fourth-order valence-electron chi connectivity index (χ4n) is 5.90. The number of ether oxygens (including phenoxy) is 1. The molecule has 6 rings (SSSR count). The predicted octanol–water partition coefficient (Wildman–Crippen LogP) is 3.90. The number of carbonyl (C=O) groups is 1. The SMILES string of the molecule is COC1CN(c2cccc(-c3cnc(N)c(N4CCC(CC(=O)c5c(C)n(C)n(-c6cccc(Cl)c6)c5=O)CC4)n3)n2)C1. The molecule has 0 spiro atoms. The van der Waals surface area contributed by atoms with Crippen molar-refractivity contribution >= 4 is 34.8 Å². The molecule has 0 radical (unpaired) electrons. The average Bonchev–Trinajstić information content (AvgIpc) is 3.20. The number of piperidine rings is 1. The van der Waals surface area contributed by atoms with Gasteiger partial charge in [-0.15, -0.1) is 0 Å². The highest BCUT2D eigenvalue weighted by molar-refractivity contribution is 6.30. The number of pyridine rings is 1. The molecule has 0 saturated carbocycles. The van der Waals surface area contributed by atoms with Gasteiger partial charge < -0.3 is 20.3 Å². The highest BCUT2D eigenvalue weighted by Crippen LogP contribution is 2.30. The Kier molecular flexibility index (Phi) is 7.93. The van der Waals surface area contributed by atoms with Gasteiger partial charge in [-0.05, 0) is 56.0 Å². The summed E-state index contributed by atoms with van der Waals surface area (Å²) in [6.07, 6.45) is 3.74. The number of benzene rings is 1. The molecule has 43 heavy (non-hydrogen) atoms. The summed E-state index contributed by atoms with van der Waals surface area (Å²) >= 11 is 6.16. The van der Waals surface area contributed by atoms with Crippen molar-refractivity contribution in [2.24, 2.45) is 13.0 Å². The van der Waals surface area contributed by atoms with Gasteiger partial charge >= 0.3 is 0 Å². The summed E-state index contributed by atoms with van der Waals surface area (Å²) in [5.74, 6) is 1.88. The molecule has 5 heterocycles. The molecule has 2 fully saturated rings. The molecule has 2 saturated heterocycles. The average molecular weight is 603 g/mol.